The molecule has 1 aromatic heterocycles. The average Bonchev–Trinajstić information content (AvgIpc) is 2.99. The van der Waals surface area contributed by atoms with E-state index in [9.17, 15) is 4.79 Å². The van der Waals surface area contributed by atoms with E-state index in [1.165, 1.54) is 12.7 Å². The Labute approximate surface area is 160 Å². The van der Waals surface area contributed by atoms with Gasteiger partial charge >= 0.3 is 5.97 Å². The van der Waals surface area contributed by atoms with Gasteiger partial charge in [0.05, 0.1) is 19.2 Å². The Bertz CT molecular complexity index is 538. The Morgan fingerprint density at radius 3 is 2.71 bits per heavy atom. The molecule has 136 valence electrons. The molecule has 2 heterocycles. The number of guanidine groups is 1. The zero-order valence-electron chi connectivity index (χ0n) is 14.7. The van der Waals surface area contributed by atoms with Crippen LogP contribution < -0.4 is 5.32 Å². The first-order chi connectivity index (χ1) is 11.1. The average molecular weight is 449 g/mol. The topological polar surface area (TPSA) is 71.8 Å². The Morgan fingerprint density at radius 2 is 2.17 bits per heavy atom. The van der Waals surface area contributed by atoms with Crippen molar-refractivity contribution in [3.05, 3.63) is 18.0 Å². The second-order valence-corrected chi connectivity index (χ2v) is 5.79. The molecule has 0 bridgehead atoms. The lowest BCUT2D eigenvalue weighted by atomic mass is 9.97. The SMILES string of the molecule is CCNC(=NCCc1cnn(C)c1)N1CCC(C(=O)OC)CC1.I. The van der Waals surface area contributed by atoms with Gasteiger partial charge in [-0.1, -0.05) is 0 Å². The number of aromatic nitrogens is 2. The summed E-state index contributed by atoms with van der Waals surface area (Å²) < 4.78 is 6.64. The molecule has 7 nitrogen and oxygen atoms in total. The summed E-state index contributed by atoms with van der Waals surface area (Å²) >= 11 is 0. The zero-order valence-corrected chi connectivity index (χ0v) is 17.0. The largest absolute Gasteiger partial charge is 0.469 e. The molecule has 0 atom stereocenters. The fraction of sp³-hybridized carbons (Fsp3) is 0.688. The molecule has 24 heavy (non-hydrogen) atoms. The molecule has 0 aliphatic carbocycles. The molecule has 0 amide bonds. The number of likely N-dealkylation sites (tertiary alicyclic amines) is 1. The number of nitrogens with one attached hydrogen (secondary N) is 1. The maximum absolute atomic E-state index is 11.6. The smallest absolute Gasteiger partial charge is 0.308 e. The Morgan fingerprint density at radius 1 is 1.46 bits per heavy atom. The summed E-state index contributed by atoms with van der Waals surface area (Å²) in [5, 5.41) is 7.51. The number of methoxy groups -OCH3 is 1. The number of piperidine rings is 1. The van der Waals surface area contributed by atoms with E-state index in [1.54, 1.807) is 0 Å². The van der Waals surface area contributed by atoms with E-state index >= 15 is 0 Å². The third kappa shape index (κ3) is 5.95. The third-order valence-corrected chi connectivity index (χ3v) is 4.08. The van der Waals surface area contributed by atoms with Crippen LogP contribution in [-0.4, -0.2) is 59.9 Å². The minimum absolute atomic E-state index is 0. The number of carbonyl (C=O) groups excluding carboxylic acids is 1. The van der Waals surface area contributed by atoms with Gasteiger partial charge in [0.1, 0.15) is 0 Å². The molecule has 1 aliphatic heterocycles. The van der Waals surface area contributed by atoms with E-state index in [-0.39, 0.29) is 35.9 Å². The summed E-state index contributed by atoms with van der Waals surface area (Å²) in [7, 11) is 3.38. The van der Waals surface area contributed by atoms with Gasteiger partial charge in [0.15, 0.2) is 5.96 Å². The van der Waals surface area contributed by atoms with E-state index in [0.717, 1.165) is 51.4 Å². The van der Waals surface area contributed by atoms with Crippen molar-refractivity contribution in [3.8, 4) is 0 Å². The highest BCUT2D eigenvalue weighted by molar-refractivity contribution is 14.0. The number of esters is 1. The Kier molecular flexibility index (Phi) is 9.09. The van der Waals surface area contributed by atoms with Gasteiger partial charge in [-0.05, 0) is 31.7 Å². The van der Waals surface area contributed by atoms with Crippen LogP contribution in [0.15, 0.2) is 17.4 Å². The van der Waals surface area contributed by atoms with E-state index in [4.69, 9.17) is 9.73 Å². The van der Waals surface area contributed by atoms with Gasteiger partial charge in [-0.2, -0.15) is 5.10 Å². The first-order valence-corrected chi connectivity index (χ1v) is 8.22. The molecule has 1 fully saturated rings. The predicted octanol–water partition coefficient (Wildman–Crippen LogP) is 1.43. The van der Waals surface area contributed by atoms with E-state index in [2.05, 4.69) is 22.2 Å². The van der Waals surface area contributed by atoms with Crippen LogP contribution in [0, 0.1) is 5.92 Å². The van der Waals surface area contributed by atoms with Crippen molar-refractivity contribution in [2.24, 2.45) is 18.0 Å². The molecule has 1 saturated heterocycles. The van der Waals surface area contributed by atoms with Crippen LogP contribution in [0.1, 0.15) is 25.3 Å². The molecule has 0 saturated carbocycles. The first kappa shape index (κ1) is 20.7. The van der Waals surface area contributed by atoms with Gasteiger partial charge in [0.25, 0.3) is 0 Å². The Balaban J connectivity index is 0.00000288. The summed E-state index contributed by atoms with van der Waals surface area (Å²) in [6.07, 6.45) is 6.41. The van der Waals surface area contributed by atoms with Gasteiger partial charge in [-0.15, -0.1) is 24.0 Å². The highest BCUT2D eigenvalue weighted by Crippen LogP contribution is 2.18. The molecule has 2 rings (SSSR count). The fourth-order valence-corrected chi connectivity index (χ4v) is 2.81. The number of rotatable bonds is 5. The minimum Gasteiger partial charge on any atom is -0.469 e. The number of nitrogens with zero attached hydrogens (tertiary/aromatic N) is 4. The van der Waals surface area contributed by atoms with Crippen molar-refractivity contribution in [1.29, 1.82) is 0 Å². The van der Waals surface area contributed by atoms with Crippen molar-refractivity contribution in [2.75, 3.05) is 33.3 Å². The van der Waals surface area contributed by atoms with Gasteiger partial charge in [-0.3, -0.25) is 14.5 Å². The number of hydrogen-bond acceptors (Lipinski definition) is 4. The van der Waals surface area contributed by atoms with Crippen LogP contribution in [0.4, 0.5) is 0 Å². The van der Waals surface area contributed by atoms with Gasteiger partial charge in [0.2, 0.25) is 0 Å². The van der Waals surface area contributed by atoms with Crippen LogP contribution in [0.3, 0.4) is 0 Å². The van der Waals surface area contributed by atoms with Crippen LogP contribution in [-0.2, 0) is 23.0 Å². The van der Waals surface area contributed by atoms with Crippen LogP contribution in [0.2, 0.25) is 0 Å². The number of aliphatic imine (C=N–C) groups is 1. The number of aryl methyl sites for hydroxylation is 1. The Hall–Kier alpha value is -1.32. The van der Waals surface area contributed by atoms with Gasteiger partial charge in [-0.25, -0.2) is 0 Å². The monoisotopic (exact) mass is 449 g/mol. The molecule has 0 unspecified atom stereocenters. The number of hydrogen-bond donors (Lipinski definition) is 1. The molecule has 8 heteroatoms. The third-order valence-electron chi connectivity index (χ3n) is 4.08. The molecule has 1 N–H and O–H groups in total. The highest BCUT2D eigenvalue weighted by Gasteiger charge is 2.26. The van der Waals surface area contributed by atoms with Gasteiger partial charge in [0, 0.05) is 39.4 Å². The number of carbonyl (C=O) groups is 1. The zero-order chi connectivity index (χ0) is 16.7. The highest BCUT2D eigenvalue weighted by atomic mass is 127. The van der Waals surface area contributed by atoms with Crippen LogP contribution in [0.5, 0.6) is 0 Å². The number of ether oxygens (including phenoxy) is 1. The van der Waals surface area contributed by atoms with E-state index in [1.807, 2.05) is 24.1 Å². The van der Waals surface area contributed by atoms with Gasteiger partial charge < -0.3 is 15.0 Å². The quantitative estimate of drug-likeness (QED) is 0.319. The lowest BCUT2D eigenvalue weighted by Crippen LogP contribution is -2.46. The van der Waals surface area contributed by atoms with Crippen molar-refractivity contribution in [1.82, 2.24) is 20.0 Å². The molecular weight excluding hydrogens is 421 g/mol. The maximum Gasteiger partial charge on any atom is 0.308 e. The molecule has 0 aromatic carbocycles. The molecule has 0 spiro atoms. The van der Waals surface area contributed by atoms with Crippen molar-refractivity contribution in [3.63, 3.8) is 0 Å². The van der Waals surface area contributed by atoms with Crippen molar-refractivity contribution < 1.29 is 9.53 Å². The minimum atomic E-state index is -0.0943. The molecule has 1 aliphatic rings. The van der Waals surface area contributed by atoms with Crippen LogP contribution >= 0.6 is 24.0 Å². The predicted molar refractivity (Wildman–Crippen MR) is 105 cm³/mol. The summed E-state index contributed by atoms with van der Waals surface area (Å²) in [5.41, 5.74) is 1.19. The summed E-state index contributed by atoms with van der Waals surface area (Å²) in [6, 6.07) is 0. The lowest BCUT2D eigenvalue weighted by Gasteiger charge is -2.33. The molecule has 0 radical (unpaired) electrons. The number of halogens is 1. The maximum atomic E-state index is 11.6. The first-order valence-electron chi connectivity index (χ1n) is 8.22. The standard InChI is InChI=1S/C16H27N5O2.HI/c1-4-17-16(18-8-5-13-11-19-20(2)12-13)21-9-6-14(7-10-21)15(22)23-3;/h11-12,14H,4-10H2,1-3H3,(H,17,18);1H. The van der Waals surface area contributed by atoms with E-state index in [0.29, 0.717) is 0 Å². The van der Waals surface area contributed by atoms with E-state index < -0.39 is 0 Å². The van der Waals surface area contributed by atoms with Crippen LogP contribution in [0.25, 0.3) is 0 Å². The summed E-state index contributed by atoms with van der Waals surface area (Å²) in [4.78, 5) is 18.5. The second kappa shape index (κ2) is 10.5. The fourth-order valence-electron chi connectivity index (χ4n) is 2.81. The lowest BCUT2D eigenvalue weighted by molar-refractivity contribution is -0.146. The van der Waals surface area contributed by atoms with Crippen molar-refractivity contribution >= 4 is 35.9 Å². The van der Waals surface area contributed by atoms with Crippen molar-refractivity contribution in [2.45, 2.75) is 26.2 Å². The summed E-state index contributed by atoms with van der Waals surface area (Å²) in [6.45, 7) is 5.29. The summed E-state index contributed by atoms with van der Waals surface area (Å²) in [5.74, 6) is 0.859. The normalized spacial score (nSPS) is 15.8. The molecule has 1 aromatic rings. The second-order valence-electron chi connectivity index (χ2n) is 5.79. The molecular formula is C16H28IN5O2.